The Labute approximate surface area is 126 Å². The minimum absolute atomic E-state index is 0.0733. The molecule has 1 aliphatic rings. The molecule has 1 N–H and O–H groups in total. The molecule has 0 aliphatic heterocycles. The zero-order valence-corrected chi connectivity index (χ0v) is 13.2. The van der Waals surface area contributed by atoms with Crippen LogP contribution in [0.25, 0.3) is 0 Å². The van der Waals surface area contributed by atoms with Crippen LogP contribution in [0.5, 0.6) is 0 Å². The van der Waals surface area contributed by atoms with E-state index in [9.17, 15) is 13.2 Å². The van der Waals surface area contributed by atoms with E-state index in [2.05, 4.69) is 5.32 Å². The Balaban J connectivity index is 2.49. The molecule has 0 bridgehead atoms. The molecule has 0 aromatic rings. The molecule has 0 radical (unpaired) electrons. The van der Waals surface area contributed by atoms with Crippen LogP contribution in [0.2, 0.25) is 0 Å². The first-order chi connectivity index (χ1) is 10.0. The van der Waals surface area contributed by atoms with Gasteiger partial charge in [0.2, 0.25) is 6.23 Å². The maximum absolute atomic E-state index is 12.9. The summed E-state index contributed by atoms with van der Waals surface area (Å²) in [7, 11) is 0. The first-order valence-corrected chi connectivity index (χ1v) is 8.48. The molecule has 2 nitrogen and oxygen atoms in total. The molecule has 21 heavy (non-hydrogen) atoms. The van der Waals surface area contributed by atoms with Gasteiger partial charge in [0.15, 0.2) is 0 Å². The average Bonchev–Trinajstić information content (AvgIpc) is 2.40. The van der Waals surface area contributed by atoms with Gasteiger partial charge in [-0.2, -0.15) is 13.2 Å². The van der Waals surface area contributed by atoms with Crippen LogP contribution < -0.4 is 5.32 Å². The highest BCUT2D eigenvalue weighted by Crippen LogP contribution is 2.24. The van der Waals surface area contributed by atoms with Crippen LogP contribution in [-0.4, -0.2) is 25.1 Å². The van der Waals surface area contributed by atoms with E-state index in [1.54, 1.807) is 6.92 Å². The summed E-state index contributed by atoms with van der Waals surface area (Å²) in [4.78, 5) is 0. The molecular formula is C16H30F3NO. The van der Waals surface area contributed by atoms with Crippen LogP contribution in [0.3, 0.4) is 0 Å². The second-order valence-corrected chi connectivity index (χ2v) is 6.00. The standard InChI is InChI=1S/C16H30F3NO/c1-2-21-15(16(17,18)19)20-14-12-10-8-6-4-3-5-7-9-11-13-14/h14-15,20H,2-13H2,1H3. The van der Waals surface area contributed by atoms with E-state index in [0.717, 1.165) is 38.5 Å². The summed E-state index contributed by atoms with van der Waals surface area (Å²) >= 11 is 0. The summed E-state index contributed by atoms with van der Waals surface area (Å²) in [6, 6.07) is -0.0809. The minimum Gasteiger partial charge on any atom is -0.354 e. The van der Waals surface area contributed by atoms with E-state index in [4.69, 9.17) is 4.74 Å². The van der Waals surface area contributed by atoms with Gasteiger partial charge in [-0.3, -0.25) is 5.32 Å². The van der Waals surface area contributed by atoms with Gasteiger partial charge in [0, 0.05) is 12.6 Å². The molecule has 0 aromatic heterocycles. The van der Waals surface area contributed by atoms with Gasteiger partial charge in [-0.1, -0.05) is 57.8 Å². The molecule has 0 heterocycles. The second kappa shape index (κ2) is 10.4. The summed E-state index contributed by atoms with van der Waals surface area (Å²) in [5.41, 5.74) is 0. The van der Waals surface area contributed by atoms with Crippen LogP contribution in [0.4, 0.5) is 13.2 Å². The monoisotopic (exact) mass is 309 g/mol. The van der Waals surface area contributed by atoms with Crippen molar-refractivity contribution < 1.29 is 17.9 Å². The summed E-state index contributed by atoms with van der Waals surface area (Å²) in [6.45, 7) is 1.67. The molecule has 0 aromatic carbocycles. The highest BCUT2D eigenvalue weighted by Gasteiger charge is 2.41. The van der Waals surface area contributed by atoms with E-state index in [1.807, 2.05) is 0 Å². The predicted molar refractivity (Wildman–Crippen MR) is 79.2 cm³/mol. The van der Waals surface area contributed by atoms with E-state index in [0.29, 0.717) is 0 Å². The van der Waals surface area contributed by atoms with Crippen LogP contribution in [0, 0.1) is 0 Å². The summed E-state index contributed by atoms with van der Waals surface area (Å²) in [5.74, 6) is 0. The molecule has 0 spiro atoms. The lowest BCUT2D eigenvalue weighted by atomic mass is 9.98. The van der Waals surface area contributed by atoms with Gasteiger partial charge in [-0.05, 0) is 19.8 Å². The molecule has 1 aliphatic carbocycles. The third-order valence-electron chi connectivity index (χ3n) is 4.12. The highest BCUT2D eigenvalue weighted by atomic mass is 19.4. The Morgan fingerprint density at radius 2 is 1.33 bits per heavy atom. The smallest absolute Gasteiger partial charge is 0.354 e. The normalized spacial score (nSPS) is 22.3. The summed E-state index contributed by atoms with van der Waals surface area (Å²) in [5, 5.41) is 2.70. The average molecular weight is 309 g/mol. The quantitative estimate of drug-likeness (QED) is 0.723. The summed E-state index contributed by atoms with van der Waals surface area (Å²) < 4.78 is 43.6. The second-order valence-electron chi connectivity index (χ2n) is 6.00. The number of rotatable bonds is 4. The van der Waals surface area contributed by atoms with Crippen molar-refractivity contribution in [1.29, 1.82) is 0 Å². The van der Waals surface area contributed by atoms with Crippen molar-refractivity contribution in [2.45, 2.75) is 96.0 Å². The van der Waals surface area contributed by atoms with E-state index < -0.39 is 12.4 Å². The van der Waals surface area contributed by atoms with Crippen molar-refractivity contribution >= 4 is 0 Å². The number of alkyl halides is 3. The Kier molecular flexibility index (Phi) is 9.32. The van der Waals surface area contributed by atoms with Crippen LogP contribution >= 0.6 is 0 Å². The van der Waals surface area contributed by atoms with Gasteiger partial charge < -0.3 is 4.74 Å². The fraction of sp³-hybridized carbons (Fsp3) is 1.00. The van der Waals surface area contributed by atoms with Gasteiger partial charge in [0.05, 0.1) is 0 Å². The predicted octanol–water partition coefficient (Wildman–Crippen LogP) is 5.17. The van der Waals surface area contributed by atoms with Gasteiger partial charge >= 0.3 is 6.18 Å². The number of halogens is 3. The lowest BCUT2D eigenvalue weighted by molar-refractivity contribution is -0.231. The number of ether oxygens (including phenoxy) is 1. The van der Waals surface area contributed by atoms with E-state index in [-0.39, 0.29) is 12.6 Å². The van der Waals surface area contributed by atoms with Gasteiger partial charge in [-0.25, -0.2) is 0 Å². The van der Waals surface area contributed by atoms with Crippen molar-refractivity contribution in [2.24, 2.45) is 0 Å². The molecule has 1 rings (SSSR count). The first kappa shape index (κ1) is 18.8. The van der Waals surface area contributed by atoms with Gasteiger partial charge in [0.1, 0.15) is 0 Å². The minimum atomic E-state index is -4.33. The highest BCUT2D eigenvalue weighted by molar-refractivity contribution is 4.74. The zero-order chi connectivity index (χ0) is 15.6. The molecule has 5 heteroatoms. The third-order valence-corrected chi connectivity index (χ3v) is 4.12. The number of nitrogens with one attached hydrogen (secondary N) is 1. The number of hydrogen-bond donors (Lipinski definition) is 1. The zero-order valence-electron chi connectivity index (χ0n) is 13.2. The fourth-order valence-corrected chi connectivity index (χ4v) is 2.95. The maximum Gasteiger partial charge on any atom is 0.428 e. The fourth-order valence-electron chi connectivity index (χ4n) is 2.95. The first-order valence-electron chi connectivity index (χ1n) is 8.48. The van der Waals surface area contributed by atoms with E-state index in [1.165, 1.54) is 32.1 Å². The molecule has 1 unspecified atom stereocenters. The topological polar surface area (TPSA) is 21.3 Å². The molecule has 1 fully saturated rings. The van der Waals surface area contributed by atoms with Crippen LogP contribution in [-0.2, 0) is 4.74 Å². The van der Waals surface area contributed by atoms with E-state index >= 15 is 0 Å². The van der Waals surface area contributed by atoms with Crippen molar-refractivity contribution in [1.82, 2.24) is 5.32 Å². The van der Waals surface area contributed by atoms with Gasteiger partial charge in [0.25, 0.3) is 0 Å². The molecular weight excluding hydrogens is 279 g/mol. The largest absolute Gasteiger partial charge is 0.428 e. The lowest BCUT2D eigenvalue weighted by Crippen LogP contribution is -2.49. The third kappa shape index (κ3) is 8.67. The lowest BCUT2D eigenvalue weighted by Gasteiger charge is -2.27. The van der Waals surface area contributed by atoms with Crippen molar-refractivity contribution in [3.8, 4) is 0 Å². The number of hydrogen-bond acceptors (Lipinski definition) is 2. The molecule has 1 atom stereocenters. The van der Waals surface area contributed by atoms with Crippen LogP contribution in [0.1, 0.15) is 77.6 Å². The maximum atomic E-state index is 12.9. The Morgan fingerprint density at radius 1 is 0.905 bits per heavy atom. The molecule has 126 valence electrons. The Hall–Kier alpha value is -0.290. The van der Waals surface area contributed by atoms with Crippen molar-refractivity contribution in [2.75, 3.05) is 6.61 Å². The van der Waals surface area contributed by atoms with Gasteiger partial charge in [-0.15, -0.1) is 0 Å². The van der Waals surface area contributed by atoms with Crippen LogP contribution in [0.15, 0.2) is 0 Å². The van der Waals surface area contributed by atoms with Crippen molar-refractivity contribution in [3.63, 3.8) is 0 Å². The van der Waals surface area contributed by atoms with Crippen molar-refractivity contribution in [3.05, 3.63) is 0 Å². The molecule has 1 saturated carbocycles. The Morgan fingerprint density at radius 3 is 1.71 bits per heavy atom. The summed E-state index contributed by atoms with van der Waals surface area (Å²) in [6.07, 6.45) is 6.02. The Bertz CT molecular complexity index is 246. The SMILES string of the molecule is CCOC(NC1CCCCCCCCCCC1)C(F)(F)F. The molecule has 0 saturated heterocycles. The molecule has 0 amide bonds.